The lowest BCUT2D eigenvalue weighted by Gasteiger charge is -2.03. The largest absolute Gasteiger partial charge is 0.0610 e. The van der Waals surface area contributed by atoms with Crippen molar-refractivity contribution < 1.29 is 0 Å². The summed E-state index contributed by atoms with van der Waals surface area (Å²) in [4.78, 5) is 0. The highest BCUT2D eigenvalue weighted by Crippen LogP contribution is 2.32. The number of hydrogen-bond acceptors (Lipinski definition) is 0. The highest BCUT2D eigenvalue weighted by Gasteiger charge is 2.09. The Morgan fingerprint density at radius 1 is 0.923 bits per heavy atom. The van der Waals surface area contributed by atoms with Crippen LogP contribution < -0.4 is 0 Å². The molecule has 62 valence electrons. The van der Waals surface area contributed by atoms with Gasteiger partial charge >= 0.3 is 0 Å². The quantitative estimate of drug-likeness (QED) is 0.478. The van der Waals surface area contributed by atoms with Crippen molar-refractivity contribution in [1.29, 1.82) is 0 Å². The van der Waals surface area contributed by atoms with Crippen LogP contribution in [0.1, 0.15) is 16.7 Å². The maximum Gasteiger partial charge on any atom is -0.00362 e. The van der Waals surface area contributed by atoms with Crippen LogP contribution in [-0.4, -0.2) is 0 Å². The van der Waals surface area contributed by atoms with E-state index >= 15 is 0 Å². The van der Waals surface area contributed by atoms with Crippen molar-refractivity contribution in [3.63, 3.8) is 0 Å². The van der Waals surface area contributed by atoms with Crippen LogP contribution in [0.5, 0.6) is 0 Å². The van der Waals surface area contributed by atoms with Gasteiger partial charge < -0.3 is 0 Å². The minimum Gasteiger partial charge on any atom is -0.0610 e. The molecule has 2 aromatic carbocycles. The van der Waals surface area contributed by atoms with E-state index in [0.717, 1.165) is 0 Å². The first-order valence-corrected chi connectivity index (χ1v) is 4.57. The number of hydrogen-bond donors (Lipinski definition) is 0. The average Bonchev–Trinajstić information content (AvgIpc) is 2.57. The Kier molecular flexibility index (Phi) is 1.18. The topological polar surface area (TPSA) is 0 Å². The summed E-state index contributed by atoms with van der Waals surface area (Å²) in [6.07, 6.45) is 4.41. The summed E-state index contributed by atoms with van der Waals surface area (Å²) in [5.41, 5.74) is 4.12. The summed E-state index contributed by atoms with van der Waals surface area (Å²) in [6, 6.07) is 10.9. The number of benzene rings is 2. The molecule has 13 heavy (non-hydrogen) atoms. The maximum atomic E-state index is 2.22. The minimum absolute atomic E-state index is 1.35. The molecule has 3 rings (SSSR count). The average molecular weight is 166 g/mol. The van der Waals surface area contributed by atoms with Gasteiger partial charge in [-0.1, -0.05) is 42.5 Å². The van der Waals surface area contributed by atoms with Crippen molar-refractivity contribution in [2.45, 2.75) is 6.92 Å². The predicted molar refractivity (Wildman–Crippen MR) is 57.6 cm³/mol. The van der Waals surface area contributed by atoms with Crippen molar-refractivity contribution >= 4 is 22.9 Å². The fourth-order valence-corrected chi connectivity index (χ4v) is 2.07. The Bertz CT molecular complexity index is 519. The molecule has 1 aliphatic carbocycles. The molecule has 0 amide bonds. The molecular formula is C13H10. The van der Waals surface area contributed by atoms with E-state index in [-0.39, 0.29) is 0 Å². The second-order valence-electron chi connectivity index (χ2n) is 3.57. The third-order valence-electron chi connectivity index (χ3n) is 2.77. The van der Waals surface area contributed by atoms with Crippen LogP contribution in [0.15, 0.2) is 30.3 Å². The Morgan fingerprint density at radius 3 is 2.77 bits per heavy atom. The van der Waals surface area contributed by atoms with E-state index in [4.69, 9.17) is 0 Å². The first-order chi connectivity index (χ1) is 6.36. The molecule has 0 heterocycles. The van der Waals surface area contributed by atoms with Gasteiger partial charge in [0.1, 0.15) is 0 Å². The first-order valence-electron chi connectivity index (χ1n) is 4.57. The smallest absolute Gasteiger partial charge is 0.00362 e. The molecule has 0 bridgehead atoms. The monoisotopic (exact) mass is 166 g/mol. The van der Waals surface area contributed by atoms with Gasteiger partial charge in [0.2, 0.25) is 0 Å². The Balaban J connectivity index is 2.62. The molecule has 0 fully saturated rings. The fraction of sp³-hybridized carbons (Fsp3) is 0.0769. The van der Waals surface area contributed by atoms with Gasteiger partial charge in [-0.05, 0) is 34.4 Å². The van der Waals surface area contributed by atoms with Crippen LogP contribution in [0, 0.1) is 6.92 Å². The lowest BCUT2D eigenvalue weighted by molar-refractivity contribution is 1.49. The van der Waals surface area contributed by atoms with Gasteiger partial charge in [-0.15, -0.1) is 0 Å². The van der Waals surface area contributed by atoms with Gasteiger partial charge in [0.15, 0.2) is 0 Å². The third kappa shape index (κ3) is 0.803. The number of aryl methyl sites for hydroxylation is 1. The molecule has 1 aliphatic rings. The van der Waals surface area contributed by atoms with Crippen LogP contribution in [0.25, 0.3) is 22.9 Å². The molecule has 0 saturated heterocycles. The van der Waals surface area contributed by atoms with Crippen LogP contribution in [0.3, 0.4) is 0 Å². The van der Waals surface area contributed by atoms with E-state index < -0.39 is 0 Å². The predicted octanol–water partition coefficient (Wildman–Crippen LogP) is 3.63. The zero-order valence-electron chi connectivity index (χ0n) is 7.54. The summed E-state index contributed by atoms with van der Waals surface area (Å²) in [7, 11) is 0. The van der Waals surface area contributed by atoms with Gasteiger partial charge in [-0.3, -0.25) is 0 Å². The van der Waals surface area contributed by atoms with Crippen molar-refractivity contribution in [2.24, 2.45) is 0 Å². The van der Waals surface area contributed by atoms with Gasteiger partial charge in [-0.25, -0.2) is 0 Å². The minimum atomic E-state index is 1.35. The van der Waals surface area contributed by atoms with Crippen LogP contribution in [-0.2, 0) is 0 Å². The first kappa shape index (κ1) is 6.90. The zero-order valence-corrected chi connectivity index (χ0v) is 7.54. The highest BCUT2D eigenvalue weighted by molar-refractivity contribution is 6.05. The molecule has 2 aromatic rings. The fourth-order valence-electron chi connectivity index (χ4n) is 2.07. The van der Waals surface area contributed by atoms with Crippen molar-refractivity contribution in [3.05, 3.63) is 47.0 Å². The van der Waals surface area contributed by atoms with Crippen LogP contribution in [0.2, 0.25) is 0 Å². The molecule has 0 atom stereocenters. The molecule has 0 aromatic heterocycles. The zero-order chi connectivity index (χ0) is 8.84. The summed E-state index contributed by atoms with van der Waals surface area (Å²) in [5, 5.41) is 2.77. The molecule has 0 saturated carbocycles. The SMILES string of the molecule is Cc1ccc2cccc3c2c1C=C3. The second-order valence-corrected chi connectivity index (χ2v) is 3.57. The molecule has 0 heteroatoms. The molecule has 0 aliphatic heterocycles. The Labute approximate surface area is 77.5 Å². The van der Waals surface area contributed by atoms with Crippen molar-refractivity contribution in [3.8, 4) is 0 Å². The molecule has 0 N–H and O–H groups in total. The van der Waals surface area contributed by atoms with Gasteiger partial charge in [0.25, 0.3) is 0 Å². The van der Waals surface area contributed by atoms with Gasteiger partial charge in [0.05, 0.1) is 0 Å². The normalized spacial score (nSPS) is 12.7. The molecule has 0 unspecified atom stereocenters. The Hall–Kier alpha value is -1.56. The highest BCUT2D eigenvalue weighted by atomic mass is 14.1. The maximum absolute atomic E-state index is 2.22. The van der Waals surface area contributed by atoms with E-state index in [2.05, 4.69) is 49.4 Å². The van der Waals surface area contributed by atoms with E-state index in [9.17, 15) is 0 Å². The summed E-state index contributed by atoms with van der Waals surface area (Å²) >= 11 is 0. The van der Waals surface area contributed by atoms with E-state index in [1.54, 1.807) is 0 Å². The standard InChI is InChI=1S/C13H10/c1-9-5-6-10-3-2-4-11-7-8-12(9)13(10)11/h2-8H,1H3. The molecule has 0 spiro atoms. The third-order valence-corrected chi connectivity index (χ3v) is 2.77. The summed E-state index contributed by atoms with van der Waals surface area (Å²) < 4.78 is 0. The van der Waals surface area contributed by atoms with E-state index in [0.29, 0.717) is 0 Å². The molecule has 0 nitrogen and oxygen atoms in total. The lowest BCUT2D eigenvalue weighted by Crippen LogP contribution is -1.81. The van der Waals surface area contributed by atoms with Crippen molar-refractivity contribution in [2.75, 3.05) is 0 Å². The van der Waals surface area contributed by atoms with Gasteiger partial charge in [0, 0.05) is 0 Å². The Morgan fingerprint density at radius 2 is 1.85 bits per heavy atom. The van der Waals surface area contributed by atoms with E-state index in [1.165, 1.54) is 27.5 Å². The number of rotatable bonds is 0. The lowest BCUT2D eigenvalue weighted by atomic mass is 10.0. The summed E-state index contributed by atoms with van der Waals surface area (Å²) in [5.74, 6) is 0. The van der Waals surface area contributed by atoms with Crippen molar-refractivity contribution in [1.82, 2.24) is 0 Å². The molecular weight excluding hydrogens is 156 g/mol. The van der Waals surface area contributed by atoms with E-state index in [1.807, 2.05) is 0 Å². The second kappa shape index (κ2) is 2.23. The van der Waals surface area contributed by atoms with Crippen LogP contribution in [0.4, 0.5) is 0 Å². The van der Waals surface area contributed by atoms with Gasteiger partial charge in [-0.2, -0.15) is 0 Å². The molecule has 0 radical (unpaired) electrons. The summed E-state index contributed by atoms with van der Waals surface area (Å²) in [6.45, 7) is 2.17. The van der Waals surface area contributed by atoms with Crippen LogP contribution >= 0.6 is 0 Å².